The summed E-state index contributed by atoms with van der Waals surface area (Å²) in [6, 6.07) is 14.6. The molecule has 1 heterocycles. The van der Waals surface area contributed by atoms with Crippen LogP contribution in [0.5, 0.6) is 5.75 Å². The molecule has 1 N–H and O–H groups in total. The molecule has 2 aromatic carbocycles. The Kier molecular flexibility index (Phi) is 7.18. The number of benzene rings is 2. The first-order chi connectivity index (χ1) is 14.7. The van der Waals surface area contributed by atoms with Crippen molar-refractivity contribution in [1.82, 2.24) is 9.71 Å². The smallest absolute Gasteiger partial charge is 0.126 e. The van der Waals surface area contributed by atoms with E-state index >= 15 is 0 Å². The number of pyridine rings is 1. The van der Waals surface area contributed by atoms with Gasteiger partial charge in [-0.1, -0.05) is 18.2 Å². The number of hydrogen-bond donors (Lipinski definition) is 1. The minimum Gasteiger partial charge on any atom is -0.497 e. The van der Waals surface area contributed by atoms with Crippen molar-refractivity contribution in [3.05, 3.63) is 83.7 Å². The second-order valence-corrected chi connectivity index (χ2v) is 10.2. The maximum absolute atomic E-state index is 14.0. The lowest BCUT2D eigenvalue weighted by Crippen LogP contribution is -2.36. The van der Waals surface area contributed by atoms with Gasteiger partial charge in [0, 0.05) is 30.3 Å². The van der Waals surface area contributed by atoms with Crippen molar-refractivity contribution < 1.29 is 17.7 Å². The summed E-state index contributed by atoms with van der Waals surface area (Å²) in [5.41, 5.74) is 2.77. The van der Waals surface area contributed by atoms with Crippen LogP contribution in [0.25, 0.3) is 11.1 Å². The number of halogens is 2. The van der Waals surface area contributed by atoms with Gasteiger partial charge in [0.05, 0.1) is 28.5 Å². The van der Waals surface area contributed by atoms with Crippen LogP contribution < -0.4 is 9.46 Å². The Morgan fingerprint density at radius 3 is 2.29 bits per heavy atom. The lowest BCUT2D eigenvalue weighted by Gasteiger charge is -2.24. The highest BCUT2D eigenvalue weighted by molar-refractivity contribution is 7.84. The molecule has 0 aliphatic rings. The Morgan fingerprint density at radius 1 is 1.06 bits per heavy atom. The summed E-state index contributed by atoms with van der Waals surface area (Å²) < 4.78 is 48.5. The van der Waals surface area contributed by atoms with Gasteiger partial charge < -0.3 is 4.74 Å². The van der Waals surface area contributed by atoms with Crippen molar-refractivity contribution in [2.24, 2.45) is 0 Å². The number of nitrogens with one attached hydrogen (secondary N) is 1. The average Bonchev–Trinajstić information content (AvgIpc) is 2.73. The predicted octanol–water partition coefficient (Wildman–Crippen LogP) is 5.22. The molecule has 0 aliphatic carbocycles. The molecule has 31 heavy (non-hydrogen) atoms. The minimum absolute atomic E-state index is 0.201. The molecule has 0 fully saturated rings. The molecule has 0 saturated carbocycles. The van der Waals surface area contributed by atoms with Crippen molar-refractivity contribution in [3.63, 3.8) is 0 Å². The van der Waals surface area contributed by atoms with E-state index < -0.39 is 33.3 Å². The van der Waals surface area contributed by atoms with E-state index in [4.69, 9.17) is 4.74 Å². The van der Waals surface area contributed by atoms with E-state index in [9.17, 15) is 13.0 Å². The molecule has 0 bridgehead atoms. The second-order valence-electron chi connectivity index (χ2n) is 8.15. The van der Waals surface area contributed by atoms with Crippen LogP contribution >= 0.6 is 0 Å². The lowest BCUT2D eigenvalue weighted by molar-refractivity contribution is 0.415. The fraction of sp³-hybridized carbons (Fsp3) is 0.292. The van der Waals surface area contributed by atoms with E-state index in [1.807, 2.05) is 57.2 Å². The molecule has 1 aromatic heterocycles. The molecule has 0 amide bonds. The lowest BCUT2D eigenvalue weighted by atomic mass is 9.89. The summed E-state index contributed by atoms with van der Waals surface area (Å²) in [5.74, 6) is -1.13. The molecule has 0 aliphatic heterocycles. The van der Waals surface area contributed by atoms with Gasteiger partial charge in [0.1, 0.15) is 17.4 Å². The number of methoxy groups -OCH3 is 1. The van der Waals surface area contributed by atoms with Crippen LogP contribution in [-0.4, -0.2) is 27.6 Å². The maximum Gasteiger partial charge on any atom is 0.126 e. The summed E-state index contributed by atoms with van der Waals surface area (Å²) in [6.45, 7) is 5.77. The van der Waals surface area contributed by atoms with Crippen LogP contribution in [-0.2, 0) is 11.0 Å². The Bertz CT molecular complexity index is 1050. The van der Waals surface area contributed by atoms with E-state index in [-0.39, 0.29) is 6.54 Å². The predicted molar refractivity (Wildman–Crippen MR) is 120 cm³/mol. The highest BCUT2D eigenvalue weighted by atomic mass is 32.2. The van der Waals surface area contributed by atoms with Gasteiger partial charge in [0.25, 0.3) is 0 Å². The highest BCUT2D eigenvalue weighted by Gasteiger charge is 2.25. The van der Waals surface area contributed by atoms with Crippen molar-refractivity contribution in [1.29, 1.82) is 0 Å². The second kappa shape index (κ2) is 9.66. The largest absolute Gasteiger partial charge is 0.497 e. The number of ether oxygens (including phenoxy) is 1. The monoisotopic (exact) mass is 444 g/mol. The van der Waals surface area contributed by atoms with Crippen LogP contribution in [0, 0.1) is 11.6 Å². The highest BCUT2D eigenvalue weighted by Crippen LogP contribution is 2.33. The molecule has 0 radical (unpaired) electrons. The molecular formula is C24H26F2N2O2S. The quantitative estimate of drug-likeness (QED) is 0.544. The number of nitrogens with zero attached hydrogens (tertiary/aromatic N) is 1. The Hall–Kier alpha value is -2.64. The van der Waals surface area contributed by atoms with E-state index in [1.165, 1.54) is 12.1 Å². The fourth-order valence-electron chi connectivity index (χ4n) is 3.23. The van der Waals surface area contributed by atoms with Crippen LogP contribution in [0.15, 0.2) is 60.8 Å². The van der Waals surface area contributed by atoms with Crippen LogP contribution in [0.1, 0.15) is 37.9 Å². The molecule has 2 atom stereocenters. The third kappa shape index (κ3) is 5.74. The third-order valence-corrected chi connectivity index (χ3v) is 6.37. The first-order valence-corrected chi connectivity index (χ1v) is 11.0. The third-order valence-electron chi connectivity index (χ3n) is 4.83. The number of aromatic nitrogens is 1. The summed E-state index contributed by atoms with van der Waals surface area (Å²) in [7, 11) is 0.244. The molecule has 7 heteroatoms. The zero-order chi connectivity index (χ0) is 22.6. The summed E-state index contributed by atoms with van der Waals surface area (Å²) >= 11 is 0. The Balaban J connectivity index is 2.07. The van der Waals surface area contributed by atoms with Gasteiger partial charge in [0.15, 0.2) is 0 Å². The molecule has 3 rings (SSSR count). The average molecular weight is 445 g/mol. The van der Waals surface area contributed by atoms with Crippen LogP contribution in [0.2, 0.25) is 0 Å². The SMILES string of the molecule is COc1ccc(-c2cccnc2[C@@H](CNS(=O)C(C)(C)C)c2cc(F)cc(F)c2)cc1. The fourth-order valence-corrected chi connectivity index (χ4v) is 3.99. The zero-order valence-corrected chi connectivity index (χ0v) is 18.8. The summed E-state index contributed by atoms with van der Waals surface area (Å²) in [4.78, 5) is 4.56. The Morgan fingerprint density at radius 2 is 1.71 bits per heavy atom. The van der Waals surface area contributed by atoms with Gasteiger partial charge in [-0.2, -0.15) is 0 Å². The number of rotatable bonds is 7. The van der Waals surface area contributed by atoms with E-state index in [1.54, 1.807) is 13.3 Å². The van der Waals surface area contributed by atoms with Gasteiger partial charge in [-0.3, -0.25) is 4.98 Å². The summed E-state index contributed by atoms with van der Waals surface area (Å²) in [5, 5.41) is 0. The van der Waals surface area contributed by atoms with Crippen molar-refractivity contribution in [2.45, 2.75) is 31.4 Å². The molecule has 0 saturated heterocycles. The summed E-state index contributed by atoms with van der Waals surface area (Å²) in [6.07, 6.45) is 1.64. The van der Waals surface area contributed by atoms with Crippen molar-refractivity contribution in [2.75, 3.05) is 13.7 Å². The minimum atomic E-state index is -1.35. The standard InChI is InChI=1S/C24H26F2N2O2S/c1-24(2,3)31(29)28-15-22(17-12-18(25)14-19(26)13-17)23-21(6-5-11-27-23)16-7-9-20(30-4)10-8-16/h5-14,22,28H,15H2,1-4H3/t22-,31?/m0/s1. The van der Waals surface area contributed by atoms with Crippen LogP contribution in [0.3, 0.4) is 0 Å². The molecular weight excluding hydrogens is 418 g/mol. The van der Waals surface area contributed by atoms with Gasteiger partial charge in [-0.15, -0.1) is 0 Å². The van der Waals surface area contributed by atoms with Crippen LogP contribution in [0.4, 0.5) is 8.78 Å². The molecule has 0 spiro atoms. The first-order valence-electron chi connectivity index (χ1n) is 9.89. The molecule has 1 unspecified atom stereocenters. The molecule has 164 valence electrons. The van der Waals surface area contributed by atoms with Gasteiger partial charge in [0.2, 0.25) is 0 Å². The van der Waals surface area contributed by atoms with Gasteiger partial charge in [-0.25, -0.2) is 17.7 Å². The van der Waals surface area contributed by atoms with E-state index in [0.29, 0.717) is 11.3 Å². The normalized spacial score (nSPS) is 13.6. The van der Waals surface area contributed by atoms with Gasteiger partial charge in [-0.05, 0) is 62.2 Å². The topological polar surface area (TPSA) is 51.2 Å². The zero-order valence-electron chi connectivity index (χ0n) is 18.0. The maximum atomic E-state index is 14.0. The molecule has 3 aromatic rings. The van der Waals surface area contributed by atoms with Crippen molar-refractivity contribution in [3.8, 4) is 16.9 Å². The van der Waals surface area contributed by atoms with E-state index in [0.717, 1.165) is 22.9 Å². The Labute approximate surface area is 184 Å². The molecule has 4 nitrogen and oxygen atoms in total. The van der Waals surface area contributed by atoms with Gasteiger partial charge >= 0.3 is 0 Å². The number of hydrogen-bond acceptors (Lipinski definition) is 3. The van der Waals surface area contributed by atoms with Crippen molar-refractivity contribution >= 4 is 11.0 Å². The first kappa shape index (κ1) is 23.0. The van der Waals surface area contributed by atoms with E-state index in [2.05, 4.69) is 9.71 Å².